The van der Waals surface area contributed by atoms with Gasteiger partial charge in [0.25, 0.3) is 5.91 Å². The molecule has 1 aromatic rings. The third-order valence-electron chi connectivity index (χ3n) is 2.92. The molecule has 1 heterocycles. The van der Waals surface area contributed by atoms with Gasteiger partial charge in [-0.1, -0.05) is 20.8 Å². The fraction of sp³-hybridized carbons (Fsp3) is 0.667. The highest BCUT2D eigenvalue weighted by Crippen LogP contribution is 2.11. The molecule has 16 heavy (non-hydrogen) atoms. The molecule has 90 valence electrons. The number of nitrogens with zero attached hydrogens (tertiary/aromatic N) is 1. The molecule has 1 unspecified atom stereocenters. The predicted octanol–water partition coefficient (Wildman–Crippen LogP) is 2.19. The van der Waals surface area contributed by atoms with Crippen LogP contribution in [0.15, 0.2) is 0 Å². The number of amides is 1. The van der Waals surface area contributed by atoms with Gasteiger partial charge >= 0.3 is 0 Å². The van der Waals surface area contributed by atoms with Gasteiger partial charge in [0.15, 0.2) is 0 Å². The van der Waals surface area contributed by atoms with Crippen LogP contribution in [0.2, 0.25) is 0 Å². The van der Waals surface area contributed by atoms with Gasteiger partial charge in [0.1, 0.15) is 0 Å². The van der Waals surface area contributed by atoms with Crippen LogP contribution in [0.5, 0.6) is 0 Å². The third kappa shape index (κ3) is 2.62. The zero-order valence-corrected chi connectivity index (χ0v) is 10.7. The Labute approximate surface area is 96.8 Å². The molecule has 0 saturated carbocycles. The summed E-state index contributed by atoms with van der Waals surface area (Å²) in [5.74, 6) is 0.422. The zero-order valence-electron chi connectivity index (χ0n) is 10.7. The molecule has 1 aromatic heterocycles. The van der Waals surface area contributed by atoms with Crippen molar-refractivity contribution in [2.24, 2.45) is 5.92 Å². The Hall–Kier alpha value is -1.32. The van der Waals surface area contributed by atoms with E-state index in [0.717, 1.165) is 17.8 Å². The van der Waals surface area contributed by atoms with Crippen molar-refractivity contribution in [1.29, 1.82) is 0 Å². The molecule has 0 aromatic carbocycles. The number of hydrogen-bond donors (Lipinski definition) is 2. The van der Waals surface area contributed by atoms with Crippen LogP contribution < -0.4 is 5.32 Å². The van der Waals surface area contributed by atoms with Crippen LogP contribution in [0, 0.1) is 19.8 Å². The van der Waals surface area contributed by atoms with Crippen LogP contribution in [0.1, 0.15) is 48.9 Å². The Balaban J connectivity index is 2.80. The molecular formula is C12H21N3O. The van der Waals surface area contributed by atoms with Crippen LogP contribution in [-0.4, -0.2) is 22.1 Å². The van der Waals surface area contributed by atoms with E-state index in [1.54, 1.807) is 0 Å². The SMILES string of the molecule is CCC(NC(=O)c1c(C)n[nH]c1C)C(C)C. The molecule has 4 nitrogen and oxygen atoms in total. The van der Waals surface area contributed by atoms with Gasteiger partial charge in [0.05, 0.1) is 11.3 Å². The molecule has 0 aliphatic rings. The summed E-state index contributed by atoms with van der Waals surface area (Å²) in [4.78, 5) is 12.1. The summed E-state index contributed by atoms with van der Waals surface area (Å²) in [5.41, 5.74) is 2.27. The number of carbonyl (C=O) groups excluding carboxylic acids is 1. The topological polar surface area (TPSA) is 57.8 Å². The van der Waals surface area contributed by atoms with E-state index >= 15 is 0 Å². The predicted molar refractivity (Wildman–Crippen MR) is 64.4 cm³/mol. The van der Waals surface area contributed by atoms with Crippen molar-refractivity contribution in [3.8, 4) is 0 Å². The summed E-state index contributed by atoms with van der Waals surface area (Å²) in [7, 11) is 0. The maximum atomic E-state index is 12.1. The van der Waals surface area contributed by atoms with Crippen molar-refractivity contribution in [2.45, 2.75) is 47.1 Å². The maximum absolute atomic E-state index is 12.1. The van der Waals surface area contributed by atoms with E-state index in [1.165, 1.54) is 0 Å². The number of aromatic nitrogens is 2. The molecular weight excluding hydrogens is 202 g/mol. The van der Waals surface area contributed by atoms with Gasteiger partial charge < -0.3 is 5.32 Å². The van der Waals surface area contributed by atoms with E-state index in [2.05, 4.69) is 36.3 Å². The average molecular weight is 223 g/mol. The van der Waals surface area contributed by atoms with Crippen LogP contribution in [0.4, 0.5) is 0 Å². The van der Waals surface area contributed by atoms with Gasteiger partial charge in [-0.15, -0.1) is 0 Å². The second-order valence-corrected chi connectivity index (χ2v) is 4.54. The molecule has 2 N–H and O–H groups in total. The molecule has 0 aliphatic heterocycles. The van der Waals surface area contributed by atoms with Crippen LogP contribution in [0.25, 0.3) is 0 Å². The Kier molecular flexibility index (Phi) is 4.10. The maximum Gasteiger partial charge on any atom is 0.255 e. The van der Waals surface area contributed by atoms with Gasteiger partial charge in [0, 0.05) is 11.7 Å². The number of rotatable bonds is 4. The molecule has 0 saturated heterocycles. The van der Waals surface area contributed by atoms with Crippen molar-refractivity contribution in [3.63, 3.8) is 0 Å². The second-order valence-electron chi connectivity index (χ2n) is 4.54. The van der Waals surface area contributed by atoms with Gasteiger partial charge in [-0.3, -0.25) is 9.89 Å². The van der Waals surface area contributed by atoms with Crippen molar-refractivity contribution in [1.82, 2.24) is 15.5 Å². The summed E-state index contributed by atoms with van der Waals surface area (Å²) in [5, 5.41) is 9.91. The Morgan fingerprint density at radius 1 is 1.44 bits per heavy atom. The quantitative estimate of drug-likeness (QED) is 0.822. The lowest BCUT2D eigenvalue weighted by Crippen LogP contribution is -2.38. The van der Waals surface area contributed by atoms with Gasteiger partial charge in [-0.25, -0.2) is 0 Å². The van der Waals surface area contributed by atoms with Crippen molar-refractivity contribution >= 4 is 5.91 Å². The van der Waals surface area contributed by atoms with E-state index in [1.807, 2.05) is 13.8 Å². The van der Waals surface area contributed by atoms with Crippen LogP contribution in [0.3, 0.4) is 0 Å². The summed E-state index contributed by atoms with van der Waals surface area (Å²) in [6.45, 7) is 10.0. The highest BCUT2D eigenvalue weighted by atomic mass is 16.1. The largest absolute Gasteiger partial charge is 0.349 e. The lowest BCUT2D eigenvalue weighted by molar-refractivity contribution is 0.0923. The Morgan fingerprint density at radius 3 is 2.44 bits per heavy atom. The summed E-state index contributed by atoms with van der Waals surface area (Å²) in [6, 6.07) is 0.223. The Bertz CT molecular complexity index is 349. The first-order valence-electron chi connectivity index (χ1n) is 5.79. The number of carbonyl (C=O) groups is 1. The number of hydrogen-bond acceptors (Lipinski definition) is 2. The summed E-state index contributed by atoms with van der Waals surface area (Å²) in [6.07, 6.45) is 0.944. The third-order valence-corrected chi connectivity index (χ3v) is 2.92. The fourth-order valence-corrected chi connectivity index (χ4v) is 1.87. The molecule has 4 heteroatoms. The van der Waals surface area contributed by atoms with Crippen LogP contribution in [-0.2, 0) is 0 Å². The van der Waals surface area contributed by atoms with Gasteiger partial charge in [-0.2, -0.15) is 5.10 Å². The van der Waals surface area contributed by atoms with Crippen molar-refractivity contribution in [3.05, 3.63) is 17.0 Å². The first kappa shape index (κ1) is 12.7. The average Bonchev–Trinajstić information content (AvgIpc) is 2.54. The number of nitrogens with one attached hydrogen (secondary N) is 2. The molecule has 1 rings (SSSR count). The van der Waals surface area contributed by atoms with Gasteiger partial charge in [0.2, 0.25) is 0 Å². The molecule has 0 aliphatic carbocycles. The zero-order chi connectivity index (χ0) is 12.3. The lowest BCUT2D eigenvalue weighted by atomic mass is 10.0. The fourth-order valence-electron chi connectivity index (χ4n) is 1.87. The minimum Gasteiger partial charge on any atom is -0.349 e. The first-order valence-corrected chi connectivity index (χ1v) is 5.79. The highest BCUT2D eigenvalue weighted by Gasteiger charge is 2.19. The molecule has 0 radical (unpaired) electrons. The number of aromatic amines is 1. The number of H-pyrrole nitrogens is 1. The van der Waals surface area contributed by atoms with E-state index in [9.17, 15) is 4.79 Å². The number of aryl methyl sites for hydroxylation is 2. The normalized spacial score (nSPS) is 12.9. The van der Waals surface area contributed by atoms with Gasteiger partial charge in [-0.05, 0) is 26.2 Å². The van der Waals surface area contributed by atoms with E-state index < -0.39 is 0 Å². The van der Waals surface area contributed by atoms with Crippen molar-refractivity contribution in [2.75, 3.05) is 0 Å². The minimum absolute atomic E-state index is 0.0238. The smallest absolute Gasteiger partial charge is 0.255 e. The lowest BCUT2D eigenvalue weighted by Gasteiger charge is -2.20. The first-order chi connectivity index (χ1) is 7.47. The molecule has 1 atom stereocenters. The summed E-state index contributed by atoms with van der Waals surface area (Å²) >= 11 is 0. The standard InChI is InChI=1S/C12H21N3O/c1-6-10(7(2)3)13-12(16)11-8(4)14-15-9(11)5/h7,10H,6H2,1-5H3,(H,13,16)(H,14,15). The Morgan fingerprint density at radius 2 is 2.06 bits per heavy atom. The van der Waals surface area contributed by atoms with Crippen LogP contribution >= 0.6 is 0 Å². The molecule has 0 bridgehead atoms. The second kappa shape index (κ2) is 5.14. The monoisotopic (exact) mass is 223 g/mol. The summed E-state index contributed by atoms with van der Waals surface area (Å²) < 4.78 is 0. The van der Waals surface area contributed by atoms with E-state index in [-0.39, 0.29) is 11.9 Å². The minimum atomic E-state index is -0.0238. The molecule has 0 spiro atoms. The van der Waals surface area contributed by atoms with E-state index in [4.69, 9.17) is 0 Å². The molecule has 0 fully saturated rings. The van der Waals surface area contributed by atoms with E-state index in [0.29, 0.717) is 11.5 Å². The van der Waals surface area contributed by atoms with Crippen molar-refractivity contribution < 1.29 is 4.79 Å². The highest BCUT2D eigenvalue weighted by molar-refractivity contribution is 5.96. The molecule has 1 amide bonds.